The number of nitrogens with zero attached hydrogens (tertiary/aromatic N) is 3. The molecule has 3 heterocycles. The van der Waals surface area contributed by atoms with Crippen LogP contribution in [-0.2, 0) is 9.59 Å². The highest BCUT2D eigenvalue weighted by atomic mass is 16.7. The second-order valence-electron chi connectivity index (χ2n) is 9.09. The Bertz CT molecular complexity index is 1340. The van der Waals surface area contributed by atoms with Gasteiger partial charge in [0, 0.05) is 31.7 Å². The molecule has 0 aliphatic carbocycles. The van der Waals surface area contributed by atoms with E-state index < -0.39 is 6.04 Å². The molecule has 0 bridgehead atoms. The molecule has 0 spiro atoms. The van der Waals surface area contributed by atoms with Gasteiger partial charge in [-0.05, 0) is 54.6 Å². The van der Waals surface area contributed by atoms with Gasteiger partial charge in [0.1, 0.15) is 11.5 Å². The Morgan fingerprint density at radius 2 is 1.51 bits per heavy atom. The van der Waals surface area contributed by atoms with Gasteiger partial charge in [-0.25, -0.2) is 4.90 Å². The minimum absolute atomic E-state index is 0.0915. The summed E-state index contributed by atoms with van der Waals surface area (Å²) < 4.78 is 16.5. The van der Waals surface area contributed by atoms with Crippen LogP contribution in [0.1, 0.15) is 16.8 Å². The first-order valence-corrected chi connectivity index (χ1v) is 12.2. The summed E-state index contributed by atoms with van der Waals surface area (Å²) in [7, 11) is 0. The predicted octanol–water partition coefficient (Wildman–Crippen LogP) is 3.30. The SMILES string of the molecule is O=C(c1ccc2c(c1)OCO2)N1CCN(C2CC(=O)N(c3ccc(Oc4ccccc4)cc3)C2=O)CC1. The van der Waals surface area contributed by atoms with Crippen LogP contribution < -0.4 is 19.1 Å². The molecule has 1 atom stereocenters. The lowest BCUT2D eigenvalue weighted by atomic mass is 10.1. The van der Waals surface area contributed by atoms with Crippen molar-refractivity contribution >= 4 is 23.4 Å². The number of ether oxygens (including phenoxy) is 3. The summed E-state index contributed by atoms with van der Waals surface area (Å²) in [4.78, 5) is 44.1. The normalized spacial score (nSPS) is 19.4. The fourth-order valence-corrected chi connectivity index (χ4v) is 4.91. The van der Waals surface area contributed by atoms with E-state index in [2.05, 4.69) is 0 Å². The van der Waals surface area contributed by atoms with Crippen molar-refractivity contribution in [2.45, 2.75) is 12.5 Å². The average Bonchev–Trinajstić information content (AvgIpc) is 3.52. The third kappa shape index (κ3) is 4.49. The number of benzene rings is 3. The highest BCUT2D eigenvalue weighted by molar-refractivity contribution is 6.22. The van der Waals surface area contributed by atoms with Crippen molar-refractivity contribution in [3.63, 3.8) is 0 Å². The van der Waals surface area contributed by atoms with Crippen molar-refractivity contribution in [3.8, 4) is 23.0 Å². The molecule has 6 rings (SSSR count). The molecule has 0 aromatic heterocycles. The van der Waals surface area contributed by atoms with Crippen molar-refractivity contribution in [1.29, 1.82) is 0 Å². The first-order chi connectivity index (χ1) is 18.1. The number of hydrogen-bond acceptors (Lipinski definition) is 7. The molecule has 3 aliphatic heterocycles. The van der Waals surface area contributed by atoms with Gasteiger partial charge in [-0.3, -0.25) is 19.3 Å². The number of rotatable bonds is 5. The van der Waals surface area contributed by atoms with Gasteiger partial charge in [-0.15, -0.1) is 0 Å². The lowest BCUT2D eigenvalue weighted by Crippen LogP contribution is -2.53. The number of carbonyl (C=O) groups is 3. The topological polar surface area (TPSA) is 88.6 Å². The number of para-hydroxylation sites is 1. The number of hydrogen-bond donors (Lipinski definition) is 0. The maximum absolute atomic E-state index is 13.3. The lowest BCUT2D eigenvalue weighted by Gasteiger charge is -2.37. The molecule has 0 N–H and O–H groups in total. The van der Waals surface area contributed by atoms with E-state index in [9.17, 15) is 14.4 Å². The van der Waals surface area contributed by atoms with Gasteiger partial charge in [0.15, 0.2) is 11.5 Å². The average molecular weight is 500 g/mol. The molecule has 1 unspecified atom stereocenters. The van der Waals surface area contributed by atoms with E-state index in [0.29, 0.717) is 60.4 Å². The molecule has 0 radical (unpaired) electrons. The summed E-state index contributed by atoms with van der Waals surface area (Å²) in [6.45, 7) is 2.12. The van der Waals surface area contributed by atoms with Crippen LogP contribution >= 0.6 is 0 Å². The highest BCUT2D eigenvalue weighted by Crippen LogP contribution is 2.33. The van der Waals surface area contributed by atoms with Gasteiger partial charge in [-0.1, -0.05) is 18.2 Å². The first kappa shape index (κ1) is 23.1. The zero-order chi connectivity index (χ0) is 25.4. The minimum Gasteiger partial charge on any atom is -0.457 e. The molecule has 0 saturated carbocycles. The van der Waals surface area contributed by atoms with Gasteiger partial charge in [0.25, 0.3) is 11.8 Å². The zero-order valence-corrected chi connectivity index (χ0v) is 20.0. The van der Waals surface area contributed by atoms with E-state index in [0.717, 1.165) is 0 Å². The first-order valence-electron chi connectivity index (χ1n) is 12.2. The molecule has 3 aromatic rings. The van der Waals surface area contributed by atoms with E-state index in [4.69, 9.17) is 14.2 Å². The maximum Gasteiger partial charge on any atom is 0.254 e. The van der Waals surface area contributed by atoms with E-state index in [-0.39, 0.29) is 30.9 Å². The molecule has 3 amide bonds. The van der Waals surface area contributed by atoms with Crippen molar-refractivity contribution in [3.05, 3.63) is 78.4 Å². The second-order valence-corrected chi connectivity index (χ2v) is 9.09. The number of piperazine rings is 1. The maximum atomic E-state index is 13.3. The fraction of sp³-hybridized carbons (Fsp3) is 0.250. The van der Waals surface area contributed by atoms with Crippen LogP contribution in [0.5, 0.6) is 23.0 Å². The molecular formula is C28H25N3O6. The quantitative estimate of drug-likeness (QED) is 0.498. The third-order valence-corrected chi connectivity index (χ3v) is 6.86. The smallest absolute Gasteiger partial charge is 0.254 e. The summed E-state index contributed by atoms with van der Waals surface area (Å²) in [5, 5.41) is 0. The van der Waals surface area contributed by atoms with Crippen LogP contribution in [0.3, 0.4) is 0 Å². The zero-order valence-electron chi connectivity index (χ0n) is 20.0. The van der Waals surface area contributed by atoms with Crippen LogP contribution in [0.25, 0.3) is 0 Å². The summed E-state index contributed by atoms with van der Waals surface area (Å²) in [5.74, 6) is 1.97. The fourth-order valence-electron chi connectivity index (χ4n) is 4.91. The molecular weight excluding hydrogens is 474 g/mol. The molecule has 2 saturated heterocycles. The summed E-state index contributed by atoms with van der Waals surface area (Å²) in [5.41, 5.74) is 1.06. The molecule has 9 nitrogen and oxygen atoms in total. The van der Waals surface area contributed by atoms with Gasteiger partial charge >= 0.3 is 0 Å². The number of anilines is 1. The number of fused-ring (bicyclic) bond motifs is 1. The monoisotopic (exact) mass is 499 g/mol. The van der Waals surface area contributed by atoms with E-state index in [1.54, 1.807) is 47.4 Å². The third-order valence-electron chi connectivity index (χ3n) is 6.86. The Labute approximate surface area is 213 Å². The number of amides is 3. The van der Waals surface area contributed by atoms with Gasteiger partial charge in [0.05, 0.1) is 18.2 Å². The van der Waals surface area contributed by atoms with Crippen LogP contribution in [0.15, 0.2) is 72.8 Å². The second kappa shape index (κ2) is 9.59. The molecule has 188 valence electrons. The number of imide groups is 1. The lowest BCUT2D eigenvalue weighted by molar-refractivity contribution is -0.123. The Morgan fingerprint density at radius 1 is 0.811 bits per heavy atom. The molecule has 37 heavy (non-hydrogen) atoms. The van der Waals surface area contributed by atoms with Crippen LogP contribution in [0, 0.1) is 0 Å². The van der Waals surface area contributed by atoms with Crippen molar-refractivity contribution < 1.29 is 28.6 Å². The molecule has 2 fully saturated rings. The van der Waals surface area contributed by atoms with E-state index in [1.165, 1.54) is 4.90 Å². The van der Waals surface area contributed by atoms with Crippen LogP contribution in [0.4, 0.5) is 5.69 Å². The summed E-state index contributed by atoms with van der Waals surface area (Å²) in [6, 6.07) is 21.0. The largest absolute Gasteiger partial charge is 0.457 e. The Kier molecular flexibility index (Phi) is 5.97. The molecule has 3 aromatic carbocycles. The van der Waals surface area contributed by atoms with Crippen LogP contribution in [0.2, 0.25) is 0 Å². The van der Waals surface area contributed by atoms with Crippen molar-refractivity contribution in [1.82, 2.24) is 9.80 Å². The number of carbonyl (C=O) groups excluding carboxylic acids is 3. The van der Waals surface area contributed by atoms with Crippen molar-refractivity contribution in [2.24, 2.45) is 0 Å². The molecule has 3 aliphatic rings. The Hall–Kier alpha value is -4.37. The summed E-state index contributed by atoms with van der Waals surface area (Å²) >= 11 is 0. The standard InChI is InChI=1S/C28H25N3O6/c32-26-17-23(28(34)31(26)20-7-9-22(10-8-20)37-21-4-2-1-3-5-21)29-12-14-30(15-13-29)27(33)19-6-11-24-25(16-19)36-18-35-24/h1-11,16,23H,12-15,17-18H2. The Balaban J connectivity index is 1.08. The van der Waals surface area contributed by atoms with Gasteiger partial charge in [0.2, 0.25) is 12.7 Å². The van der Waals surface area contributed by atoms with Crippen molar-refractivity contribution in [2.75, 3.05) is 37.9 Å². The van der Waals surface area contributed by atoms with E-state index >= 15 is 0 Å². The van der Waals surface area contributed by atoms with Crippen LogP contribution in [-0.4, -0.2) is 66.5 Å². The predicted molar refractivity (Wildman–Crippen MR) is 134 cm³/mol. The summed E-state index contributed by atoms with van der Waals surface area (Å²) in [6.07, 6.45) is 0.122. The minimum atomic E-state index is -0.532. The van der Waals surface area contributed by atoms with Gasteiger partial charge in [-0.2, -0.15) is 0 Å². The molecule has 9 heteroatoms. The Morgan fingerprint density at radius 3 is 2.27 bits per heavy atom. The van der Waals surface area contributed by atoms with E-state index in [1.807, 2.05) is 35.2 Å². The van der Waals surface area contributed by atoms with Gasteiger partial charge < -0.3 is 19.1 Å². The highest BCUT2D eigenvalue weighted by Gasteiger charge is 2.43.